The number of allylic oxidation sites excluding steroid dienone is 2. The van der Waals surface area contributed by atoms with E-state index >= 15 is 0 Å². The third-order valence-corrected chi connectivity index (χ3v) is 9.47. The molecule has 2 N–H and O–H groups in total. The van der Waals surface area contributed by atoms with Gasteiger partial charge in [0.15, 0.2) is 0 Å². The SMILES string of the molecule is CC(Oc1cc(-n2cnc3c2C=CC(C2=CCCN=C2)C3)sc1C(N)=O)c1cccc(OC2CCN(C)CC2)c1Cl. The highest BCUT2D eigenvalue weighted by atomic mass is 35.5. The summed E-state index contributed by atoms with van der Waals surface area (Å²) >= 11 is 8.11. The maximum Gasteiger partial charge on any atom is 0.262 e. The Labute approximate surface area is 249 Å². The Bertz CT molecular complexity index is 1530. The molecule has 0 bridgehead atoms. The van der Waals surface area contributed by atoms with Gasteiger partial charge in [0, 0.05) is 49.8 Å². The van der Waals surface area contributed by atoms with Gasteiger partial charge >= 0.3 is 0 Å². The average Bonchev–Trinajstić information content (AvgIpc) is 3.59. The van der Waals surface area contributed by atoms with Gasteiger partial charge in [-0.15, -0.1) is 11.3 Å². The lowest BCUT2D eigenvalue weighted by Crippen LogP contribution is -2.35. The fourth-order valence-corrected chi connectivity index (χ4v) is 6.85. The number of thiophene rings is 1. The number of dihydropyridines is 1. The minimum Gasteiger partial charge on any atom is -0.489 e. The zero-order valence-corrected chi connectivity index (χ0v) is 24.8. The van der Waals surface area contributed by atoms with Crippen LogP contribution in [-0.2, 0) is 6.42 Å². The highest BCUT2D eigenvalue weighted by molar-refractivity contribution is 7.16. The predicted molar refractivity (Wildman–Crippen MR) is 164 cm³/mol. The van der Waals surface area contributed by atoms with Crippen molar-refractivity contribution in [1.29, 1.82) is 0 Å². The number of nitrogens with zero attached hydrogens (tertiary/aromatic N) is 4. The van der Waals surface area contributed by atoms with Crippen molar-refractivity contribution in [2.75, 3.05) is 26.7 Å². The van der Waals surface area contributed by atoms with Gasteiger partial charge in [-0.3, -0.25) is 14.4 Å². The minimum absolute atomic E-state index is 0.133. The molecule has 3 aromatic rings. The van der Waals surface area contributed by atoms with Crippen LogP contribution in [0.3, 0.4) is 0 Å². The van der Waals surface area contributed by atoms with Crippen LogP contribution in [0.15, 0.2) is 53.3 Å². The van der Waals surface area contributed by atoms with Crippen LogP contribution in [0.1, 0.15) is 58.9 Å². The van der Waals surface area contributed by atoms with Crippen LogP contribution in [0.2, 0.25) is 5.02 Å². The quantitative estimate of drug-likeness (QED) is 0.353. The highest BCUT2D eigenvalue weighted by Crippen LogP contribution is 2.40. The van der Waals surface area contributed by atoms with Crippen LogP contribution in [0, 0.1) is 5.92 Å². The average molecular weight is 592 g/mol. The van der Waals surface area contributed by atoms with Crippen molar-refractivity contribution in [2.45, 2.75) is 44.8 Å². The number of aliphatic imine (C=N–C) groups is 1. The summed E-state index contributed by atoms with van der Waals surface area (Å²) in [6.07, 6.45) is 13.7. The molecule has 2 atom stereocenters. The van der Waals surface area contributed by atoms with E-state index in [9.17, 15) is 4.79 Å². The molecule has 1 saturated heterocycles. The minimum atomic E-state index is -0.540. The number of piperidine rings is 1. The van der Waals surface area contributed by atoms with Gasteiger partial charge in [0.2, 0.25) is 0 Å². The van der Waals surface area contributed by atoms with Crippen molar-refractivity contribution in [3.63, 3.8) is 0 Å². The number of hydrogen-bond donors (Lipinski definition) is 1. The maximum absolute atomic E-state index is 12.4. The number of nitrogens with two attached hydrogens (primary N) is 1. The maximum atomic E-state index is 12.4. The molecule has 6 rings (SSSR count). The van der Waals surface area contributed by atoms with E-state index in [1.54, 1.807) is 6.33 Å². The van der Waals surface area contributed by atoms with E-state index in [0.29, 0.717) is 21.4 Å². The van der Waals surface area contributed by atoms with Crippen LogP contribution in [0.5, 0.6) is 11.5 Å². The molecule has 2 aromatic heterocycles. The number of fused-ring (bicyclic) bond motifs is 1. The van der Waals surface area contributed by atoms with E-state index in [1.165, 1.54) is 16.9 Å². The first-order chi connectivity index (χ1) is 19.9. The van der Waals surface area contributed by atoms with Gasteiger partial charge in [-0.25, -0.2) is 4.98 Å². The second kappa shape index (κ2) is 11.8. The molecule has 2 aliphatic heterocycles. The fourth-order valence-electron chi connectivity index (χ4n) is 5.60. The number of aromatic nitrogens is 2. The number of carbonyl (C=O) groups is 1. The largest absolute Gasteiger partial charge is 0.489 e. The van der Waals surface area contributed by atoms with Crippen LogP contribution < -0.4 is 15.2 Å². The smallest absolute Gasteiger partial charge is 0.262 e. The van der Waals surface area contributed by atoms with E-state index in [2.05, 4.69) is 35.2 Å². The third-order valence-electron chi connectivity index (χ3n) is 7.93. The molecule has 1 amide bonds. The number of primary amides is 1. The lowest BCUT2D eigenvalue weighted by Gasteiger charge is -2.30. The van der Waals surface area contributed by atoms with Gasteiger partial charge in [-0.05, 0) is 50.9 Å². The number of imidazole rings is 1. The Hall–Kier alpha value is -3.40. The van der Waals surface area contributed by atoms with Gasteiger partial charge in [0.25, 0.3) is 5.91 Å². The summed E-state index contributed by atoms with van der Waals surface area (Å²) in [5.74, 6) is 0.803. The standard InChI is InChI=1S/C31H34ClN5O3S/c1-19(23-6-3-7-26(29(23)32)40-22-10-13-36(2)14-11-22)39-27-16-28(41-30(27)31(33)38)37-18-35-24-15-20(8-9-25(24)37)21-5-4-12-34-17-21/h3,5-9,16-20,22H,4,10-15H2,1-2H3,(H2,33,38). The molecule has 214 valence electrons. The first-order valence-electron chi connectivity index (χ1n) is 14.1. The Morgan fingerprint density at radius 2 is 2.07 bits per heavy atom. The van der Waals surface area contributed by atoms with Crippen molar-refractivity contribution in [3.8, 4) is 16.5 Å². The van der Waals surface area contributed by atoms with Crippen molar-refractivity contribution in [3.05, 3.63) is 75.2 Å². The number of ether oxygens (including phenoxy) is 2. The molecule has 1 fully saturated rings. The van der Waals surface area contributed by atoms with Gasteiger partial charge in [-0.2, -0.15) is 0 Å². The number of likely N-dealkylation sites (tertiary alicyclic amines) is 1. The summed E-state index contributed by atoms with van der Waals surface area (Å²) < 4.78 is 14.6. The van der Waals surface area contributed by atoms with Crippen LogP contribution in [0.4, 0.5) is 0 Å². The Kier molecular flexibility index (Phi) is 8.01. The fraction of sp³-hybridized carbons (Fsp3) is 0.387. The molecular formula is C31H34ClN5O3S. The van der Waals surface area contributed by atoms with Gasteiger partial charge in [0.05, 0.1) is 16.4 Å². The van der Waals surface area contributed by atoms with Gasteiger partial charge in [-0.1, -0.05) is 35.9 Å². The Morgan fingerprint density at radius 1 is 1.24 bits per heavy atom. The molecule has 3 aliphatic rings. The van der Waals surface area contributed by atoms with Crippen LogP contribution >= 0.6 is 22.9 Å². The van der Waals surface area contributed by atoms with Crippen molar-refractivity contribution < 1.29 is 14.3 Å². The molecule has 1 aromatic carbocycles. The summed E-state index contributed by atoms with van der Waals surface area (Å²) in [5.41, 5.74) is 9.82. The first kappa shape index (κ1) is 27.8. The summed E-state index contributed by atoms with van der Waals surface area (Å²) in [4.78, 5) is 24.2. The van der Waals surface area contributed by atoms with Crippen LogP contribution in [-0.4, -0.2) is 59.4 Å². The number of rotatable bonds is 8. The number of halogens is 1. The topological polar surface area (TPSA) is 95.0 Å². The molecule has 2 unspecified atom stereocenters. The number of carbonyl (C=O) groups excluding carboxylic acids is 1. The zero-order valence-electron chi connectivity index (χ0n) is 23.3. The van der Waals surface area contributed by atoms with E-state index < -0.39 is 12.0 Å². The van der Waals surface area contributed by atoms with E-state index in [0.717, 1.165) is 67.3 Å². The highest BCUT2D eigenvalue weighted by Gasteiger charge is 2.26. The molecule has 4 heterocycles. The van der Waals surface area contributed by atoms with E-state index in [-0.39, 0.29) is 12.0 Å². The molecular weight excluding hydrogens is 558 g/mol. The van der Waals surface area contributed by atoms with Crippen molar-refractivity contribution in [1.82, 2.24) is 14.5 Å². The Balaban J connectivity index is 1.22. The first-order valence-corrected chi connectivity index (χ1v) is 15.3. The summed E-state index contributed by atoms with van der Waals surface area (Å²) in [5, 5.41) is 1.33. The number of benzene rings is 1. The second-order valence-corrected chi connectivity index (χ2v) is 12.2. The zero-order chi connectivity index (χ0) is 28.5. The predicted octanol–water partition coefficient (Wildman–Crippen LogP) is 5.89. The normalized spacial score (nSPS) is 20.0. The lowest BCUT2D eigenvalue weighted by molar-refractivity contribution is 0.0998. The third kappa shape index (κ3) is 5.84. The summed E-state index contributed by atoms with van der Waals surface area (Å²) in [6.45, 7) is 4.77. The molecule has 0 saturated carbocycles. The molecule has 1 aliphatic carbocycles. The van der Waals surface area contributed by atoms with Crippen molar-refractivity contribution in [2.24, 2.45) is 16.6 Å². The van der Waals surface area contributed by atoms with E-state index in [4.69, 9.17) is 31.8 Å². The van der Waals surface area contributed by atoms with Gasteiger partial charge < -0.3 is 20.1 Å². The second-order valence-electron chi connectivity index (χ2n) is 10.8. The number of hydrogen-bond acceptors (Lipinski definition) is 7. The summed E-state index contributed by atoms with van der Waals surface area (Å²) in [6, 6.07) is 7.59. The Morgan fingerprint density at radius 3 is 2.83 bits per heavy atom. The molecule has 41 heavy (non-hydrogen) atoms. The molecule has 10 heteroatoms. The molecule has 0 spiro atoms. The number of amides is 1. The van der Waals surface area contributed by atoms with Crippen molar-refractivity contribution >= 4 is 41.1 Å². The monoisotopic (exact) mass is 591 g/mol. The molecule has 8 nitrogen and oxygen atoms in total. The summed E-state index contributed by atoms with van der Waals surface area (Å²) in [7, 11) is 2.12. The molecule has 0 radical (unpaired) electrons. The lowest BCUT2D eigenvalue weighted by atomic mass is 9.88. The van der Waals surface area contributed by atoms with Crippen LogP contribution in [0.25, 0.3) is 11.1 Å². The van der Waals surface area contributed by atoms with Gasteiger partial charge in [0.1, 0.15) is 39.9 Å². The van der Waals surface area contributed by atoms with E-state index in [1.807, 2.05) is 42.0 Å².